The first-order chi connectivity index (χ1) is 7.61. The maximum atomic E-state index is 11.5. The van der Waals surface area contributed by atoms with Crippen LogP contribution in [0.3, 0.4) is 0 Å². The predicted molar refractivity (Wildman–Crippen MR) is 72.0 cm³/mol. The summed E-state index contributed by atoms with van der Waals surface area (Å²) in [6, 6.07) is 7.05. The van der Waals surface area contributed by atoms with E-state index >= 15 is 0 Å². The summed E-state index contributed by atoms with van der Waals surface area (Å²) in [6.45, 7) is 2.47. The van der Waals surface area contributed by atoms with E-state index in [-0.39, 0.29) is 30.7 Å². The molecule has 0 saturated heterocycles. The predicted octanol–water partition coefficient (Wildman–Crippen LogP) is 1.96. The quantitative estimate of drug-likeness (QED) is 0.583. The largest absolute Gasteiger partial charge is 0.357 e. The van der Waals surface area contributed by atoms with Crippen LogP contribution < -0.4 is 10.6 Å². The first kappa shape index (κ1) is 15.7. The van der Waals surface area contributed by atoms with Gasteiger partial charge in [-0.3, -0.25) is 15.5 Å². The molecule has 0 heterocycles. The zero-order valence-corrected chi connectivity index (χ0v) is 11.0. The number of hydrogen-bond donors (Lipinski definition) is 3. The second kappa shape index (κ2) is 7.92. The minimum atomic E-state index is -0.215. The Balaban J connectivity index is 0.00000256. The van der Waals surface area contributed by atoms with Crippen LogP contribution in [0.15, 0.2) is 24.3 Å². The monoisotopic (exact) mass is 275 g/mol. The van der Waals surface area contributed by atoms with E-state index < -0.39 is 0 Å². The molecule has 0 unspecified atom stereocenters. The van der Waals surface area contributed by atoms with E-state index in [0.717, 1.165) is 5.56 Å². The van der Waals surface area contributed by atoms with Gasteiger partial charge in [-0.1, -0.05) is 23.7 Å². The number of carbonyl (C=O) groups is 1. The lowest BCUT2D eigenvalue weighted by molar-refractivity contribution is -0.119. The first-order valence-corrected chi connectivity index (χ1v) is 5.36. The van der Waals surface area contributed by atoms with Crippen molar-refractivity contribution in [2.45, 2.75) is 13.3 Å². The van der Waals surface area contributed by atoms with Crippen molar-refractivity contribution < 1.29 is 4.79 Å². The van der Waals surface area contributed by atoms with Crippen LogP contribution >= 0.6 is 24.0 Å². The van der Waals surface area contributed by atoms with Crippen LogP contribution in [-0.4, -0.2) is 18.4 Å². The fourth-order valence-electron chi connectivity index (χ4n) is 1.19. The Morgan fingerprint density at radius 3 is 2.47 bits per heavy atom. The van der Waals surface area contributed by atoms with Gasteiger partial charge in [0.1, 0.15) is 0 Å². The van der Waals surface area contributed by atoms with Crippen LogP contribution in [0.2, 0.25) is 5.02 Å². The molecule has 0 aliphatic heterocycles. The topological polar surface area (TPSA) is 65.0 Å². The Kier molecular flexibility index (Phi) is 7.34. The van der Waals surface area contributed by atoms with E-state index in [9.17, 15) is 4.79 Å². The molecule has 4 nitrogen and oxygen atoms in total. The molecular weight excluding hydrogens is 261 g/mol. The van der Waals surface area contributed by atoms with Gasteiger partial charge in [-0.15, -0.1) is 12.4 Å². The summed E-state index contributed by atoms with van der Waals surface area (Å²) in [6.07, 6.45) is 0.241. The zero-order valence-electron chi connectivity index (χ0n) is 9.42. The molecule has 6 heteroatoms. The van der Waals surface area contributed by atoms with Gasteiger partial charge in [0.25, 0.3) is 0 Å². The third kappa shape index (κ3) is 6.14. The standard InChI is InChI=1S/C11H14ClN3O.ClH/c1-2-14-11(13)15-10(16)7-8-3-5-9(12)6-4-8;/h3-6H,2,7H2,1H3,(H3,13,14,15,16);1H. The Labute approximate surface area is 112 Å². The van der Waals surface area contributed by atoms with Gasteiger partial charge in [0.05, 0.1) is 6.42 Å². The highest BCUT2D eigenvalue weighted by Crippen LogP contribution is 2.09. The lowest BCUT2D eigenvalue weighted by atomic mass is 10.1. The van der Waals surface area contributed by atoms with Gasteiger partial charge < -0.3 is 5.32 Å². The molecular formula is C11H15Cl2N3O. The Bertz CT molecular complexity index is 379. The van der Waals surface area contributed by atoms with Crippen molar-refractivity contribution in [1.29, 1.82) is 5.41 Å². The summed E-state index contributed by atoms with van der Waals surface area (Å²) in [5, 5.41) is 13.1. The highest BCUT2D eigenvalue weighted by Gasteiger charge is 2.04. The summed E-state index contributed by atoms with van der Waals surface area (Å²) in [7, 11) is 0. The van der Waals surface area contributed by atoms with Crippen molar-refractivity contribution in [2.75, 3.05) is 6.54 Å². The molecule has 1 aromatic rings. The number of hydrogen-bond acceptors (Lipinski definition) is 2. The number of nitrogens with one attached hydrogen (secondary N) is 3. The number of halogens is 2. The third-order valence-electron chi connectivity index (χ3n) is 1.90. The molecule has 0 spiro atoms. The number of guanidine groups is 1. The van der Waals surface area contributed by atoms with Crippen molar-refractivity contribution in [1.82, 2.24) is 10.6 Å². The summed E-state index contributed by atoms with van der Waals surface area (Å²) in [5.41, 5.74) is 0.867. The van der Waals surface area contributed by atoms with E-state index in [2.05, 4.69) is 10.6 Å². The van der Waals surface area contributed by atoms with Gasteiger partial charge in [0.2, 0.25) is 5.91 Å². The Morgan fingerprint density at radius 1 is 1.35 bits per heavy atom. The Morgan fingerprint density at radius 2 is 1.94 bits per heavy atom. The summed E-state index contributed by atoms with van der Waals surface area (Å²) >= 11 is 5.73. The van der Waals surface area contributed by atoms with Crippen LogP contribution in [0.5, 0.6) is 0 Å². The molecule has 1 rings (SSSR count). The van der Waals surface area contributed by atoms with Crippen molar-refractivity contribution in [3.05, 3.63) is 34.9 Å². The van der Waals surface area contributed by atoms with E-state index in [0.29, 0.717) is 11.6 Å². The highest BCUT2D eigenvalue weighted by molar-refractivity contribution is 6.30. The maximum absolute atomic E-state index is 11.5. The fourth-order valence-corrected chi connectivity index (χ4v) is 1.32. The molecule has 0 atom stereocenters. The molecule has 0 aliphatic carbocycles. The highest BCUT2D eigenvalue weighted by atomic mass is 35.5. The normalized spacial score (nSPS) is 9.06. The van der Waals surface area contributed by atoms with Crippen molar-refractivity contribution >= 4 is 35.9 Å². The molecule has 0 saturated carbocycles. The molecule has 0 aliphatic rings. The minimum Gasteiger partial charge on any atom is -0.357 e. The molecule has 1 amide bonds. The van der Waals surface area contributed by atoms with Gasteiger partial charge in [-0.05, 0) is 24.6 Å². The molecule has 0 bridgehead atoms. The molecule has 0 fully saturated rings. The van der Waals surface area contributed by atoms with E-state index in [1.807, 2.05) is 6.92 Å². The van der Waals surface area contributed by atoms with Gasteiger partial charge >= 0.3 is 0 Å². The number of rotatable bonds is 3. The van der Waals surface area contributed by atoms with Crippen LogP contribution in [0.4, 0.5) is 0 Å². The number of carbonyl (C=O) groups excluding carboxylic acids is 1. The smallest absolute Gasteiger partial charge is 0.231 e. The summed E-state index contributed by atoms with van der Waals surface area (Å²) in [5.74, 6) is -0.185. The van der Waals surface area contributed by atoms with Crippen LogP contribution in [0.25, 0.3) is 0 Å². The summed E-state index contributed by atoms with van der Waals surface area (Å²) in [4.78, 5) is 11.5. The second-order valence-electron chi connectivity index (χ2n) is 3.26. The van der Waals surface area contributed by atoms with Crippen molar-refractivity contribution in [2.24, 2.45) is 0 Å². The lowest BCUT2D eigenvalue weighted by Crippen LogP contribution is -2.40. The molecule has 3 N–H and O–H groups in total. The second-order valence-corrected chi connectivity index (χ2v) is 3.69. The minimum absolute atomic E-state index is 0. The van der Waals surface area contributed by atoms with Crippen molar-refractivity contribution in [3.8, 4) is 0 Å². The van der Waals surface area contributed by atoms with Crippen LogP contribution in [0.1, 0.15) is 12.5 Å². The van der Waals surface area contributed by atoms with Crippen LogP contribution in [-0.2, 0) is 11.2 Å². The zero-order chi connectivity index (χ0) is 12.0. The SMILES string of the molecule is CCNC(=N)NC(=O)Cc1ccc(Cl)cc1.Cl. The first-order valence-electron chi connectivity index (χ1n) is 4.98. The van der Waals surface area contributed by atoms with Gasteiger partial charge in [-0.2, -0.15) is 0 Å². The maximum Gasteiger partial charge on any atom is 0.231 e. The molecule has 0 aromatic heterocycles. The van der Waals surface area contributed by atoms with E-state index in [4.69, 9.17) is 17.0 Å². The van der Waals surface area contributed by atoms with Gasteiger partial charge in [0.15, 0.2) is 5.96 Å². The number of amides is 1. The molecule has 17 heavy (non-hydrogen) atoms. The summed E-state index contributed by atoms with van der Waals surface area (Å²) < 4.78 is 0. The van der Waals surface area contributed by atoms with Gasteiger partial charge in [-0.25, -0.2) is 0 Å². The Hall–Kier alpha value is -1.26. The molecule has 94 valence electrons. The van der Waals surface area contributed by atoms with Gasteiger partial charge in [0, 0.05) is 11.6 Å². The number of benzene rings is 1. The van der Waals surface area contributed by atoms with E-state index in [1.165, 1.54) is 0 Å². The van der Waals surface area contributed by atoms with E-state index in [1.54, 1.807) is 24.3 Å². The van der Waals surface area contributed by atoms with Crippen molar-refractivity contribution in [3.63, 3.8) is 0 Å². The third-order valence-corrected chi connectivity index (χ3v) is 2.15. The average molecular weight is 276 g/mol. The van der Waals surface area contributed by atoms with Crippen LogP contribution in [0, 0.1) is 5.41 Å². The fraction of sp³-hybridized carbons (Fsp3) is 0.273. The molecule has 1 aromatic carbocycles. The molecule has 0 radical (unpaired) electrons. The average Bonchev–Trinajstić information content (AvgIpc) is 2.21. The lowest BCUT2D eigenvalue weighted by Gasteiger charge is -2.07.